The molecule has 0 bridgehead atoms. The molecule has 0 saturated carbocycles. The lowest BCUT2D eigenvalue weighted by Gasteiger charge is -2.33. The minimum Gasteiger partial charge on any atom is -0.308 e. The van der Waals surface area contributed by atoms with Crippen LogP contribution in [0, 0.1) is 11.8 Å². The first-order valence-corrected chi connectivity index (χ1v) is 23.2. The molecule has 1 aliphatic heterocycles. The van der Waals surface area contributed by atoms with Crippen molar-refractivity contribution in [3.05, 3.63) is 228 Å². The summed E-state index contributed by atoms with van der Waals surface area (Å²) in [4.78, 5) is 5.53. The molecule has 1 aromatic heterocycles. The number of allylic oxidation sites excluding steroid dienone is 8. The van der Waals surface area contributed by atoms with Gasteiger partial charge in [0, 0.05) is 45.0 Å². The number of aromatic nitrogens is 1. The summed E-state index contributed by atoms with van der Waals surface area (Å²) < 4.78 is 2.53. The Morgan fingerprint density at radius 3 is 2.27 bits per heavy atom. The zero-order valence-electron chi connectivity index (χ0n) is 36.1. The van der Waals surface area contributed by atoms with E-state index in [0.29, 0.717) is 5.92 Å². The van der Waals surface area contributed by atoms with Gasteiger partial charge in [0.25, 0.3) is 0 Å². The van der Waals surface area contributed by atoms with Gasteiger partial charge < -0.3 is 4.57 Å². The van der Waals surface area contributed by atoms with Gasteiger partial charge in [-0.15, -0.1) is 0 Å². The minimum absolute atomic E-state index is 0.143. The third kappa shape index (κ3) is 5.82. The zero-order valence-corrected chi connectivity index (χ0v) is 36.1. The standard InChI is InChI=1S/C62H48N2/c1-39-54(38-58(41-18-4-2-5-19-41)63-61(39)42-20-6-3-7-21-42)48-29-15-28-47-46(48)27-16-30-51(47)57-36-44-35-43-22-14-32-60(56(43)37-55(44)49-24-10-11-25-50(49)57)64-59-31-13-12-26-52(59)53-34-33-40-17-8-9-23-45(40)62(53)64/h2-6,8-18,20,22-35,37-39,41,57,61H,7,19,21,36H2,1H3. The Balaban J connectivity index is 0.949. The van der Waals surface area contributed by atoms with Crippen LogP contribution < -0.4 is 0 Å². The first kappa shape index (κ1) is 37.3. The van der Waals surface area contributed by atoms with Gasteiger partial charge >= 0.3 is 0 Å². The van der Waals surface area contributed by atoms with Gasteiger partial charge in [-0.3, -0.25) is 4.99 Å². The molecule has 2 nitrogen and oxygen atoms in total. The van der Waals surface area contributed by atoms with Crippen LogP contribution in [0.5, 0.6) is 0 Å². The molecule has 9 aromatic rings. The van der Waals surface area contributed by atoms with Gasteiger partial charge in [0.15, 0.2) is 0 Å². The smallest absolute Gasteiger partial charge is 0.0781 e. The Hall–Kier alpha value is -7.29. The van der Waals surface area contributed by atoms with E-state index in [4.69, 9.17) is 4.99 Å². The number of hydrogen-bond donors (Lipinski definition) is 0. The van der Waals surface area contributed by atoms with Crippen molar-refractivity contribution in [2.75, 3.05) is 0 Å². The molecule has 0 saturated heterocycles. The van der Waals surface area contributed by atoms with E-state index in [1.165, 1.54) is 110 Å². The van der Waals surface area contributed by atoms with Gasteiger partial charge in [-0.2, -0.15) is 0 Å². The molecule has 0 fully saturated rings. The molecule has 0 N–H and O–H groups in total. The highest BCUT2D eigenvalue weighted by atomic mass is 15.0. The quantitative estimate of drug-likeness (QED) is 0.165. The summed E-state index contributed by atoms with van der Waals surface area (Å²) in [5.74, 6) is 0.779. The molecule has 3 aliphatic carbocycles. The maximum absolute atomic E-state index is 5.53. The number of fused-ring (bicyclic) bond motifs is 10. The van der Waals surface area contributed by atoms with Crippen molar-refractivity contribution in [3.8, 4) is 16.8 Å². The first-order valence-electron chi connectivity index (χ1n) is 23.2. The van der Waals surface area contributed by atoms with E-state index in [0.717, 1.165) is 25.7 Å². The number of rotatable bonds is 5. The predicted octanol–water partition coefficient (Wildman–Crippen LogP) is 15.8. The molecule has 2 heterocycles. The fraction of sp³-hybridized carbons (Fsp3) is 0.145. The largest absolute Gasteiger partial charge is 0.308 e. The summed E-state index contributed by atoms with van der Waals surface area (Å²) in [6, 6.07) is 57.7. The number of nitrogens with zero attached hydrogens (tertiary/aromatic N) is 2. The Bertz CT molecular complexity index is 3600. The van der Waals surface area contributed by atoms with Crippen molar-refractivity contribution in [1.82, 2.24) is 4.57 Å². The minimum atomic E-state index is 0.143. The molecule has 0 amide bonds. The van der Waals surface area contributed by atoms with Crippen molar-refractivity contribution in [3.63, 3.8) is 0 Å². The van der Waals surface area contributed by atoms with Crippen LogP contribution in [-0.2, 0) is 6.42 Å². The highest BCUT2D eigenvalue weighted by molar-refractivity contribution is 6.19. The number of para-hydroxylation sites is 1. The van der Waals surface area contributed by atoms with Crippen molar-refractivity contribution in [2.45, 2.75) is 44.6 Å². The summed E-state index contributed by atoms with van der Waals surface area (Å²) in [5.41, 5.74) is 16.0. The molecule has 13 rings (SSSR count). The Labute approximate surface area is 374 Å². The highest BCUT2D eigenvalue weighted by Gasteiger charge is 2.33. The lowest BCUT2D eigenvalue weighted by Crippen LogP contribution is -2.28. The molecular formula is C62H48N2. The average Bonchev–Trinajstić information content (AvgIpc) is 3.70. The van der Waals surface area contributed by atoms with E-state index >= 15 is 0 Å². The number of aliphatic imine (C=N–C) groups is 1. The fourth-order valence-electron chi connectivity index (χ4n) is 11.9. The summed E-state index contributed by atoms with van der Waals surface area (Å²) in [7, 11) is 0. The molecule has 306 valence electrons. The van der Waals surface area contributed by atoms with Crippen molar-refractivity contribution in [1.29, 1.82) is 0 Å². The maximum Gasteiger partial charge on any atom is 0.0781 e. The second-order valence-corrected chi connectivity index (χ2v) is 18.4. The van der Waals surface area contributed by atoms with Crippen LogP contribution in [0.25, 0.3) is 76.5 Å². The summed E-state index contributed by atoms with van der Waals surface area (Å²) >= 11 is 0. The van der Waals surface area contributed by atoms with Gasteiger partial charge in [-0.05, 0) is 116 Å². The van der Waals surface area contributed by atoms with Crippen molar-refractivity contribution >= 4 is 65.4 Å². The van der Waals surface area contributed by atoms with Crippen LogP contribution in [0.2, 0.25) is 0 Å². The predicted molar refractivity (Wildman–Crippen MR) is 272 cm³/mol. The fourth-order valence-corrected chi connectivity index (χ4v) is 11.9. The Morgan fingerprint density at radius 1 is 0.578 bits per heavy atom. The molecule has 0 radical (unpaired) electrons. The Morgan fingerprint density at radius 2 is 1.36 bits per heavy atom. The Kier molecular flexibility index (Phi) is 8.69. The van der Waals surface area contributed by atoms with E-state index < -0.39 is 0 Å². The van der Waals surface area contributed by atoms with Crippen molar-refractivity contribution in [2.24, 2.45) is 16.8 Å². The molecule has 4 aliphatic rings. The zero-order chi connectivity index (χ0) is 42.3. The molecular weight excluding hydrogens is 773 g/mol. The third-order valence-electron chi connectivity index (χ3n) is 14.9. The lowest BCUT2D eigenvalue weighted by molar-refractivity contribution is 0.589. The molecule has 8 aromatic carbocycles. The molecule has 4 unspecified atom stereocenters. The van der Waals surface area contributed by atoms with Crippen LogP contribution >= 0.6 is 0 Å². The summed E-state index contributed by atoms with van der Waals surface area (Å²) in [6.45, 7) is 2.41. The second-order valence-electron chi connectivity index (χ2n) is 18.4. The van der Waals surface area contributed by atoms with E-state index in [1.807, 2.05) is 0 Å². The van der Waals surface area contributed by atoms with Crippen molar-refractivity contribution < 1.29 is 0 Å². The van der Waals surface area contributed by atoms with E-state index in [1.54, 1.807) is 0 Å². The number of hydrogen-bond acceptors (Lipinski definition) is 1. The molecule has 2 heteroatoms. The first-order chi connectivity index (χ1) is 31.7. The number of benzene rings is 8. The summed E-state index contributed by atoms with van der Waals surface area (Å²) in [5, 5.41) is 10.3. The van der Waals surface area contributed by atoms with Gasteiger partial charge in [0.2, 0.25) is 0 Å². The normalized spacial score (nSPS) is 20.4. The van der Waals surface area contributed by atoms with Gasteiger partial charge in [0.05, 0.1) is 22.8 Å². The van der Waals surface area contributed by atoms with Crippen LogP contribution in [0.4, 0.5) is 0 Å². The molecule has 4 atom stereocenters. The molecule has 64 heavy (non-hydrogen) atoms. The average molecular weight is 821 g/mol. The van der Waals surface area contributed by atoms with E-state index in [9.17, 15) is 0 Å². The van der Waals surface area contributed by atoms with Crippen LogP contribution in [-0.4, -0.2) is 16.3 Å². The van der Waals surface area contributed by atoms with Gasteiger partial charge in [-0.25, -0.2) is 0 Å². The van der Waals surface area contributed by atoms with Gasteiger partial charge in [-0.1, -0.05) is 183 Å². The van der Waals surface area contributed by atoms with Crippen LogP contribution in [0.1, 0.15) is 54.4 Å². The SMILES string of the molecule is CC1C(c2cccc3c(C4Cc5cc6cccc(-n7c8ccccc8c8ccc9ccccc9c87)c6cc5-c5ccccc54)cccc23)=CC(C2C=CC=CC2)=NC1C1=CC=CCC1. The van der Waals surface area contributed by atoms with Crippen LogP contribution in [0.3, 0.4) is 0 Å². The lowest BCUT2D eigenvalue weighted by atomic mass is 9.73. The monoisotopic (exact) mass is 820 g/mol. The number of dihydropyridines is 1. The third-order valence-corrected chi connectivity index (χ3v) is 14.9. The second kappa shape index (κ2) is 14.9. The maximum atomic E-state index is 5.53. The summed E-state index contributed by atoms with van der Waals surface area (Å²) in [6.07, 6.45) is 22.4. The van der Waals surface area contributed by atoms with Crippen LogP contribution in [0.15, 0.2) is 211 Å². The highest BCUT2D eigenvalue weighted by Crippen LogP contribution is 2.48. The molecule has 0 spiro atoms. The van der Waals surface area contributed by atoms with E-state index in [-0.39, 0.29) is 17.9 Å². The topological polar surface area (TPSA) is 17.3 Å². The van der Waals surface area contributed by atoms with Gasteiger partial charge in [0.1, 0.15) is 0 Å². The van der Waals surface area contributed by atoms with E-state index in [2.05, 4.69) is 212 Å².